The Hall–Kier alpha value is -3.63. The molecule has 0 spiro atoms. The molecule has 0 fully saturated rings. The third-order valence-electron chi connectivity index (χ3n) is 5.05. The number of nitrogens with zero attached hydrogens (tertiary/aromatic N) is 1. The highest BCUT2D eigenvalue weighted by molar-refractivity contribution is 6.10. The number of hydrogen-bond acceptors (Lipinski definition) is 5. The molecule has 5 N–H and O–H groups in total. The predicted molar refractivity (Wildman–Crippen MR) is 111 cm³/mol. The van der Waals surface area contributed by atoms with E-state index in [0.29, 0.717) is 17.8 Å². The Kier molecular flexibility index (Phi) is 7.94. The highest BCUT2D eigenvalue weighted by Gasteiger charge is 2.33. The number of carboxylic acid groups (broad SMARTS) is 2. The maximum atomic E-state index is 12.9. The molecule has 1 aliphatic rings. The summed E-state index contributed by atoms with van der Waals surface area (Å²) in [6, 6.07) is 3.54. The standard InChI is InChI=1S/C20H26N4O7/c1-3-11(2)17(18(28)22-13(19(29)30)8-9-16(26)27)23-20(31)24-10-15(25)21-12-6-4-5-7-14(12)24/h4-7,11,13,17H,3,8-10H2,1-2H3,(H,21,25)(H,22,28)(H,23,31)(H,26,27)(H,29,30)/t11-,13-,17+/m1/s1. The fourth-order valence-corrected chi connectivity index (χ4v) is 3.11. The van der Waals surface area contributed by atoms with Gasteiger partial charge in [-0.25, -0.2) is 9.59 Å². The highest BCUT2D eigenvalue weighted by Crippen LogP contribution is 2.29. The molecule has 2 rings (SSSR count). The lowest BCUT2D eigenvalue weighted by Crippen LogP contribution is -2.57. The van der Waals surface area contributed by atoms with E-state index in [1.807, 2.05) is 0 Å². The first kappa shape index (κ1) is 23.6. The summed E-state index contributed by atoms with van der Waals surface area (Å²) in [7, 11) is 0. The summed E-state index contributed by atoms with van der Waals surface area (Å²) < 4.78 is 0. The molecule has 0 saturated carbocycles. The topological polar surface area (TPSA) is 165 Å². The van der Waals surface area contributed by atoms with Gasteiger partial charge in [-0.1, -0.05) is 32.4 Å². The van der Waals surface area contributed by atoms with Crippen molar-refractivity contribution in [2.24, 2.45) is 5.92 Å². The molecule has 1 heterocycles. The van der Waals surface area contributed by atoms with Crippen molar-refractivity contribution in [1.82, 2.24) is 10.6 Å². The number of carboxylic acids is 2. The minimum Gasteiger partial charge on any atom is -0.481 e. The van der Waals surface area contributed by atoms with Gasteiger partial charge in [-0.05, 0) is 24.5 Å². The van der Waals surface area contributed by atoms with Gasteiger partial charge in [-0.15, -0.1) is 0 Å². The van der Waals surface area contributed by atoms with Crippen molar-refractivity contribution in [2.75, 3.05) is 16.8 Å². The summed E-state index contributed by atoms with van der Waals surface area (Å²) >= 11 is 0. The Morgan fingerprint density at radius 1 is 1.16 bits per heavy atom. The van der Waals surface area contributed by atoms with Gasteiger partial charge in [0.05, 0.1) is 11.4 Å². The molecule has 1 aromatic carbocycles. The molecule has 168 valence electrons. The number of hydrogen-bond donors (Lipinski definition) is 5. The average molecular weight is 434 g/mol. The summed E-state index contributed by atoms with van der Waals surface area (Å²) in [4.78, 5) is 61.1. The molecular formula is C20H26N4O7. The molecule has 0 radical (unpaired) electrons. The van der Waals surface area contributed by atoms with Crippen LogP contribution >= 0.6 is 0 Å². The molecule has 4 amide bonds. The smallest absolute Gasteiger partial charge is 0.326 e. The van der Waals surface area contributed by atoms with Crippen LogP contribution in [0, 0.1) is 5.92 Å². The van der Waals surface area contributed by atoms with Gasteiger partial charge in [0.25, 0.3) is 0 Å². The van der Waals surface area contributed by atoms with Crippen molar-refractivity contribution < 1.29 is 34.2 Å². The van der Waals surface area contributed by atoms with Gasteiger partial charge in [0, 0.05) is 6.42 Å². The molecule has 11 heteroatoms. The van der Waals surface area contributed by atoms with Crippen LogP contribution in [0.2, 0.25) is 0 Å². The van der Waals surface area contributed by atoms with E-state index in [2.05, 4.69) is 16.0 Å². The third kappa shape index (κ3) is 6.17. The van der Waals surface area contributed by atoms with Crippen LogP contribution in [0.5, 0.6) is 0 Å². The van der Waals surface area contributed by atoms with E-state index in [-0.39, 0.29) is 18.9 Å². The van der Waals surface area contributed by atoms with Crippen LogP contribution in [-0.4, -0.2) is 58.6 Å². The lowest BCUT2D eigenvalue weighted by molar-refractivity contribution is -0.143. The summed E-state index contributed by atoms with van der Waals surface area (Å²) in [6.07, 6.45) is -0.225. The Morgan fingerprint density at radius 2 is 1.84 bits per heavy atom. The zero-order valence-electron chi connectivity index (χ0n) is 17.3. The average Bonchev–Trinajstić information content (AvgIpc) is 2.72. The molecule has 11 nitrogen and oxygen atoms in total. The van der Waals surface area contributed by atoms with Crippen LogP contribution in [0.3, 0.4) is 0 Å². The van der Waals surface area contributed by atoms with Gasteiger partial charge < -0.3 is 26.2 Å². The number of amides is 4. The van der Waals surface area contributed by atoms with Crippen LogP contribution < -0.4 is 20.9 Å². The number of fused-ring (bicyclic) bond motifs is 1. The Labute approximate surface area is 178 Å². The monoisotopic (exact) mass is 434 g/mol. The lowest BCUT2D eigenvalue weighted by atomic mass is 9.97. The summed E-state index contributed by atoms with van der Waals surface area (Å²) in [5.41, 5.74) is 0.922. The van der Waals surface area contributed by atoms with Crippen molar-refractivity contribution in [3.05, 3.63) is 24.3 Å². The van der Waals surface area contributed by atoms with Gasteiger partial charge in [-0.2, -0.15) is 0 Å². The fraction of sp³-hybridized carbons (Fsp3) is 0.450. The van der Waals surface area contributed by atoms with Gasteiger partial charge in [0.2, 0.25) is 11.8 Å². The highest BCUT2D eigenvalue weighted by atomic mass is 16.4. The van der Waals surface area contributed by atoms with Crippen LogP contribution in [0.1, 0.15) is 33.1 Å². The van der Waals surface area contributed by atoms with Crippen LogP contribution in [0.4, 0.5) is 16.2 Å². The van der Waals surface area contributed by atoms with E-state index in [0.717, 1.165) is 0 Å². The minimum absolute atomic E-state index is 0.242. The summed E-state index contributed by atoms with van der Waals surface area (Å²) in [6.45, 7) is 3.28. The van der Waals surface area contributed by atoms with Crippen molar-refractivity contribution >= 4 is 41.2 Å². The molecule has 31 heavy (non-hydrogen) atoms. The first-order valence-electron chi connectivity index (χ1n) is 9.85. The van der Waals surface area contributed by atoms with Crippen molar-refractivity contribution in [2.45, 2.75) is 45.2 Å². The van der Waals surface area contributed by atoms with Gasteiger partial charge >= 0.3 is 18.0 Å². The van der Waals surface area contributed by atoms with Crippen molar-refractivity contribution in [3.8, 4) is 0 Å². The van der Waals surface area contributed by atoms with E-state index in [4.69, 9.17) is 5.11 Å². The number of para-hydroxylation sites is 2. The molecular weight excluding hydrogens is 408 g/mol. The first-order valence-corrected chi connectivity index (χ1v) is 9.85. The number of anilines is 2. The second-order valence-corrected chi connectivity index (χ2v) is 7.30. The van der Waals surface area contributed by atoms with E-state index in [1.165, 1.54) is 4.90 Å². The molecule has 0 aliphatic carbocycles. The second-order valence-electron chi connectivity index (χ2n) is 7.30. The van der Waals surface area contributed by atoms with E-state index in [1.54, 1.807) is 38.1 Å². The number of carbonyl (C=O) groups is 5. The van der Waals surface area contributed by atoms with Crippen LogP contribution in [0.15, 0.2) is 24.3 Å². The first-order chi connectivity index (χ1) is 14.6. The number of aliphatic carboxylic acids is 2. The normalized spacial score (nSPS) is 15.7. The molecule has 0 saturated heterocycles. The molecule has 1 aliphatic heterocycles. The quantitative estimate of drug-likeness (QED) is 0.387. The van der Waals surface area contributed by atoms with Crippen LogP contribution in [-0.2, 0) is 19.2 Å². The summed E-state index contributed by atoms with van der Waals surface area (Å²) in [5.74, 6) is -4.04. The molecule has 0 aromatic heterocycles. The van der Waals surface area contributed by atoms with Crippen LogP contribution in [0.25, 0.3) is 0 Å². The number of carbonyl (C=O) groups excluding carboxylic acids is 3. The van der Waals surface area contributed by atoms with Gasteiger partial charge in [0.15, 0.2) is 0 Å². The molecule has 0 bridgehead atoms. The molecule has 3 atom stereocenters. The fourth-order valence-electron chi connectivity index (χ4n) is 3.11. The lowest BCUT2D eigenvalue weighted by Gasteiger charge is -2.32. The number of nitrogens with one attached hydrogen (secondary N) is 3. The second kappa shape index (κ2) is 10.4. The third-order valence-corrected chi connectivity index (χ3v) is 5.05. The molecule has 1 aromatic rings. The van der Waals surface area contributed by atoms with E-state index >= 15 is 0 Å². The Balaban J connectivity index is 2.18. The van der Waals surface area contributed by atoms with Crippen molar-refractivity contribution in [3.63, 3.8) is 0 Å². The molecule has 0 unspecified atom stereocenters. The predicted octanol–water partition coefficient (Wildman–Crippen LogP) is 1.00. The SMILES string of the molecule is CC[C@@H](C)[C@H](NC(=O)N1CC(=O)Nc2ccccc21)C(=O)N[C@H](CCC(=O)O)C(=O)O. The minimum atomic E-state index is -1.41. The largest absolute Gasteiger partial charge is 0.481 e. The number of benzene rings is 1. The maximum Gasteiger partial charge on any atom is 0.326 e. The number of rotatable bonds is 9. The number of urea groups is 1. The van der Waals surface area contributed by atoms with E-state index in [9.17, 15) is 29.1 Å². The van der Waals surface area contributed by atoms with Crippen molar-refractivity contribution in [1.29, 1.82) is 0 Å². The maximum absolute atomic E-state index is 12.9. The Bertz CT molecular complexity index is 873. The van der Waals surface area contributed by atoms with Gasteiger partial charge in [0.1, 0.15) is 18.6 Å². The zero-order valence-corrected chi connectivity index (χ0v) is 17.3. The zero-order chi connectivity index (χ0) is 23.1. The summed E-state index contributed by atoms with van der Waals surface area (Å²) in [5, 5.41) is 25.6. The van der Waals surface area contributed by atoms with E-state index < -0.39 is 48.3 Å². The van der Waals surface area contributed by atoms with Gasteiger partial charge in [-0.3, -0.25) is 19.3 Å². The Morgan fingerprint density at radius 3 is 2.45 bits per heavy atom.